The van der Waals surface area contributed by atoms with Gasteiger partial charge in [0.2, 0.25) is 0 Å². The topological polar surface area (TPSA) is 92.8 Å². The number of piperazine rings is 1. The van der Waals surface area contributed by atoms with Crippen LogP contribution in [0.15, 0.2) is 60.8 Å². The van der Waals surface area contributed by atoms with Gasteiger partial charge < -0.3 is 19.8 Å². The molecule has 0 spiro atoms. The Morgan fingerprint density at radius 3 is 2.64 bits per heavy atom. The number of ether oxygens (including phenoxy) is 1. The number of hydrogen-bond donors (Lipinski definition) is 2. The third-order valence-corrected chi connectivity index (χ3v) is 6.67. The Morgan fingerprint density at radius 2 is 1.97 bits per heavy atom. The van der Waals surface area contributed by atoms with Gasteiger partial charge in [0.25, 0.3) is 0 Å². The van der Waals surface area contributed by atoms with Crippen LogP contribution in [0.25, 0.3) is 0 Å². The van der Waals surface area contributed by atoms with E-state index in [-0.39, 0.29) is 12.6 Å². The molecule has 1 saturated heterocycles. The van der Waals surface area contributed by atoms with Crippen molar-refractivity contribution in [2.24, 2.45) is 0 Å². The van der Waals surface area contributed by atoms with Gasteiger partial charge in [-0.05, 0) is 48.4 Å². The average molecular weight is 507 g/mol. The Labute approximate surface area is 217 Å². The lowest BCUT2D eigenvalue weighted by atomic mass is 9.99. The van der Waals surface area contributed by atoms with Crippen molar-refractivity contribution in [3.63, 3.8) is 0 Å². The minimum atomic E-state index is -0.702. The number of hydrogen-bond acceptors (Lipinski definition) is 7. The van der Waals surface area contributed by atoms with Crippen LogP contribution in [0.5, 0.6) is 5.75 Å². The summed E-state index contributed by atoms with van der Waals surface area (Å²) >= 11 is 6.16. The zero-order valence-electron chi connectivity index (χ0n) is 20.3. The van der Waals surface area contributed by atoms with Crippen LogP contribution in [0.2, 0.25) is 5.02 Å². The Bertz CT molecular complexity index is 1180. The number of halogens is 1. The van der Waals surface area contributed by atoms with E-state index in [4.69, 9.17) is 16.3 Å². The fourth-order valence-electron chi connectivity index (χ4n) is 4.51. The number of benzene rings is 2. The van der Waals surface area contributed by atoms with E-state index in [0.29, 0.717) is 53.8 Å². The standard InChI is InChI=1S/C28H31ClN4O3/c1-2-13-36-25-9-10-26(22(14-25)15-30)33-12-11-32(17-27(33)20-3-6-23(29)7-4-20)18-28(35)21-5-8-24(19-34)31-16-21/h3-10,14,16,27-28,34-35H,2,11-13,17-19H2,1H3/t27-,28+/m0/s1. The Balaban J connectivity index is 1.57. The molecule has 2 N–H and O–H groups in total. The zero-order valence-corrected chi connectivity index (χ0v) is 21.1. The summed E-state index contributed by atoms with van der Waals surface area (Å²) in [7, 11) is 0. The number of β-amino-alcohol motifs (C(OH)–C–C–N with tert-alkyl or cyclic N) is 1. The van der Waals surface area contributed by atoms with Crippen LogP contribution in [0, 0.1) is 11.3 Å². The lowest BCUT2D eigenvalue weighted by Crippen LogP contribution is -2.49. The van der Waals surface area contributed by atoms with Crippen LogP contribution < -0.4 is 9.64 Å². The van der Waals surface area contributed by atoms with Gasteiger partial charge in [-0.2, -0.15) is 5.26 Å². The molecule has 0 unspecified atom stereocenters. The number of pyridine rings is 1. The number of nitriles is 1. The van der Waals surface area contributed by atoms with Gasteiger partial charge in [-0.15, -0.1) is 0 Å². The Kier molecular flexibility index (Phi) is 8.79. The first-order valence-electron chi connectivity index (χ1n) is 12.2. The highest BCUT2D eigenvalue weighted by molar-refractivity contribution is 6.30. The van der Waals surface area contributed by atoms with Gasteiger partial charge in [-0.25, -0.2) is 0 Å². The third-order valence-electron chi connectivity index (χ3n) is 6.42. The van der Waals surface area contributed by atoms with E-state index < -0.39 is 6.10 Å². The average Bonchev–Trinajstić information content (AvgIpc) is 2.92. The summed E-state index contributed by atoms with van der Waals surface area (Å²) in [6.07, 6.45) is 1.81. The van der Waals surface area contributed by atoms with Gasteiger partial charge >= 0.3 is 0 Å². The summed E-state index contributed by atoms with van der Waals surface area (Å²) in [6, 6.07) is 19.3. The molecule has 1 aromatic heterocycles. The predicted octanol–water partition coefficient (Wildman–Crippen LogP) is 4.48. The fourth-order valence-corrected chi connectivity index (χ4v) is 4.63. The minimum absolute atomic E-state index is 0.0346. The molecular weight excluding hydrogens is 476 g/mol. The fraction of sp³-hybridized carbons (Fsp3) is 0.357. The normalized spacial score (nSPS) is 17.0. The summed E-state index contributed by atoms with van der Waals surface area (Å²) in [5, 5.41) is 30.7. The van der Waals surface area contributed by atoms with E-state index in [2.05, 4.69) is 20.9 Å². The number of aliphatic hydroxyl groups excluding tert-OH is 2. The molecule has 7 nitrogen and oxygen atoms in total. The molecule has 0 bridgehead atoms. The molecule has 1 fully saturated rings. The monoisotopic (exact) mass is 506 g/mol. The number of anilines is 1. The Morgan fingerprint density at radius 1 is 1.17 bits per heavy atom. The molecule has 1 aliphatic heterocycles. The smallest absolute Gasteiger partial charge is 0.120 e. The summed E-state index contributed by atoms with van der Waals surface area (Å²) in [4.78, 5) is 8.67. The first-order valence-corrected chi connectivity index (χ1v) is 12.5. The Hall–Kier alpha value is -3.15. The van der Waals surface area contributed by atoms with Crippen molar-refractivity contribution in [2.75, 3.05) is 37.7 Å². The first kappa shape index (κ1) is 25.9. The lowest BCUT2D eigenvalue weighted by Gasteiger charge is -2.44. The van der Waals surface area contributed by atoms with Crippen LogP contribution >= 0.6 is 11.6 Å². The molecule has 8 heteroatoms. The molecule has 2 atom stereocenters. The van der Waals surface area contributed by atoms with Crippen molar-refractivity contribution >= 4 is 17.3 Å². The number of nitrogens with zero attached hydrogens (tertiary/aromatic N) is 4. The third kappa shape index (κ3) is 6.15. The molecule has 0 radical (unpaired) electrons. The number of aromatic nitrogens is 1. The maximum atomic E-state index is 10.9. The molecule has 188 valence electrons. The second-order valence-corrected chi connectivity index (χ2v) is 9.35. The van der Waals surface area contributed by atoms with Crippen LogP contribution in [0.1, 0.15) is 47.9 Å². The van der Waals surface area contributed by atoms with Crippen molar-refractivity contribution in [1.82, 2.24) is 9.88 Å². The second kappa shape index (κ2) is 12.2. The largest absolute Gasteiger partial charge is 0.494 e. The van der Waals surface area contributed by atoms with E-state index in [0.717, 1.165) is 24.2 Å². The van der Waals surface area contributed by atoms with Gasteiger partial charge in [0.15, 0.2) is 0 Å². The van der Waals surface area contributed by atoms with Crippen LogP contribution in [-0.2, 0) is 6.61 Å². The van der Waals surface area contributed by atoms with Gasteiger partial charge in [0, 0.05) is 43.0 Å². The number of aliphatic hydroxyl groups is 2. The highest BCUT2D eigenvalue weighted by atomic mass is 35.5. The summed E-state index contributed by atoms with van der Waals surface area (Å²) < 4.78 is 5.74. The second-order valence-electron chi connectivity index (χ2n) is 8.92. The van der Waals surface area contributed by atoms with Crippen LogP contribution in [-0.4, -0.2) is 52.9 Å². The van der Waals surface area contributed by atoms with Crippen molar-refractivity contribution in [3.8, 4) is 11.8 Å². The van der Waals surface area contributed by atoms with Crippen molar-refractivity contribution < 1.29 is 14.9 Å². The molecule has 0 aliphatic carbocycles. The summed E-state index contributed by atoms with van der Waals surface area (Å²) in [6.45, 7) is 5.06. The van der Waals surface area contributed by atoms with Crippen molar-refractivity contribution in [3.05, 3.63) is 88.2 Å². The lowest BCUT2D eigenvalue weighted by molar-refractivity contribution is 0.100. The molecule has 1 aliphatic rings. The SMILES string of the molecule is CCCOc1ccc(N2CCN(C[C@@H](O)c3ccc(CO)nc3)C[C@H]2c2ccc(Cl)cc2)c(C#N)c1. The predicted molar refractivity (Wildman–Crippen MR) is 140 cm³/mol. The first-order chi connectivity index (χ1) is 17.5. The molecule has 2 aromatic carbocycles. The maximum Gasteiger partial charge on any atom is 0.120 e. The highest BCUT2D eigenvalue weighted by Gasteiger charge is 2.31. The molecule has 2 heterocycles. The molecule has 0 saturated carbocycles. The van der Waals surface area contributed by atoms with Gasteiger partial charge in [-0.3, -0.25) is 9.88 Å². The van der Waals surface area contributed by atoms with E-state index >= 15 is 0 Å². The minimum Gasteiger partial charge on any atom is -0.494 e. The van der Waals surface area contributed by atoms with Gasteiger partial charge in [0.05, 0.1) is 42.3 Å². The van der Waals surface area contributed by atoms with Crippen molar-refractivity contribution in [1.29, 1.82) is 5.26 Å². The molecule has 0 amide bonds. The quantitative estimate of drug-likeness (QED) is 0.442. The maximum absolute atomic E-state index is 10.9. The zero-order chi connectivity index (χ0) is 25.5. The van der Waals surface area contributed by atoms with Crippen molar-refractivity contribution in [2.45, 2.75) is 32.1 Å². The van der Waals surface area contributed by atoms with E-state index in [1.165, 1.54) is 0 Å². The molecule has 36 heavy (non-hydrogen) atoms. The molecule has 4 rings (SSSR count). The molecular formula is C28H31ClN4O3. The van der Waals surface area contributed by atoms with Crippen LogP contribution in [0.4, 0.5) is 5.69 Å². The van der Waals surface area contributed by atoms with Gasteiger partial charge in [-0.1, -0.05) is 36.7 Å². The summed E-state index contributed by atoms with van der Waals surface area (Å²) in [5.74, 6) is 0.697. The highest BCUT2D eigenvalue weighted by Crippen LogP contribution is 2.35. The van der Waals surface area contributed by atoms with E-state index in [1.807, 2.05) is 49.4 Å². The summed E-state index contributed by atoms with van der Waals surface area (Å²) in [5.41, 5.74) is 3.81. The van der Waals surface area contributed by atoms with Crippen LogP contribution in [0.3, 0.4) is 0 Å². The van der Waals surface area contributed by atoms with Gasteiger partial charge in [0.1, 0.15) is 11.8 Å². The number of rotatable bonds is 9. The van der Waals surface area contributed by atoms with E-state index in [9.17, 15) is 15.5 Å². The molecule has 3 aromatic rings. The van der Waals surface area contributed by atoms with E-state index in [1.54, 1.807) is 18.3 Å².